The number of morpholine rings is 1. The van der Waals surface area contributed by atoms with Crippen molar-refractivity contribution in [1.29, 1.82) is 0 Å². The second kappa shape index (κ2) is 5.39. The third-order valence-corrected chi connectivity index (χ3v) is 2.20. The second-order valence-electron chi connectivity index (χ2n) is 3.45. The molecule has 0 spiro atoms. The topological polar surface area (TPSA) is 15.7 Å². The first-order chi connectivity index (χ1) is 8.55. The van der Waals surface area contributed by atoms with Crippen LogP contribution in [0.3, 0.4) is 0 Å². The largest absolute Gasteiger partial charge is 0.493 e. The Labute approximate surface area is 102 Å². The fourth-order valence-electron chi connectivity index (χ4n) is 1.50. The van der Waals surface area contributed by atoms with Gasteiger partial charge >= 0.3 is 18.7 Å². The number of ether oxygens (including phenoxy) is 1. The Kier molecular flexibility index (Phi) is 4.48. The minimum Gasteiger partial charge on any atom is -0.378 e. The summed E-state index contributed by atoms with van der Waals surface area (Å²) >= 11 is 0. The molecule has 1 aliphatic heterocycles. The first kappa shape index (κ1) is 15.8. The summed E-state index contributed by atoms with van der Waals surface area (Å²) in [5.74, 6) is -2.21. The normalized spacial score (nSPS) is 17.4. The molecule has 0 amide bonds. The van der Waals surface area contributed by atoms with E-state index in [9.17, 15) is 35.1 Å². The molecule has 0 unspecified atom stereocenters. The van der Waals surface area contributed by atoms with E-state index in [0.29, 0.717) is 4.90 Å². The number of rotatable bonds is 2. The molecule has 0 radical (unpaired) electrons. The van der Waals surface area contributed by atoms with Crippen LogP contribution in [0.4, 0.5) is 35.1 Å². The standard InChI is InChI=1S/C8H8F8N2O/c9-5(10)6(17-1-3-19-4-2-17)18(7(11,12)13)8(14,15)16/h1-4H2. The van der Waals surface area contributed by atoms with Crippen molar-refractivity contribution in [3.63, 3.8) is 0 Å². The zero-order valence-corrected chi connectivity index (χ0v) is 9.15. The Morgan fingerprint density at radius 2 is 1.32 bits per heavy atom. The van der Waals surface area contributed by atoms with Crippen LogP contribution in [0, 0.1) is 0 Å². The molecule has 1 rings (SSSR count). The van der Waals surface area contributed by atoms with E-state index in [1.54, 1.807) is 0 Å². The number of alkyl halides is 6. The van der Waals surface area contributed by atoms with Crippen LogP contribution in [0.25, 0.3) is 0 Å². The summed E-state index contributed by atoms with van der Waals surface area (Å²) in [6.45, 7) is -1.45. The van der Waals surface area contributed by atoms with Crippen LogP contribution in [0.15, 0.2) is 11.9 Å². The quantitative estimate of drug-likeness (QED) is 0.576. The lowest BCUT2D eigenvalue weighted by atomic mass is 10.4. The molecule has 0 aromatic heterocycles. The van der Waals surface area contributed by atoms with Gasteiger partial charge in [0.05, 0.1) is 13.2 Å². The van der Waals surface area contributed by atoms with Crippen LogP contribution < -0.4 is 0 Å². The molecule has 0 aromatic rings. The predicted octanol–water partition coefficient (Wildman–Crippen LogP) is 2.73. The average Bonchev–Trinajstić information content (AvgIpc) is 2.23. The Hall–Kier alpha value is -1.26. The lowest BCUT2D eigenvalue weighted by Gasteiger charge is -2.37. The highest BCUT2D eigenvalue weighted by atomic mass is 19.4. The molecule has 1 heterocycles. The Morgan fingerprint density at radius 3 is 1.63 bits per heavy atom. The molecule has 1 aliphatic rings. The van der Waals surface area contributed by atoms with Gasteiger partial charge in [0.2, 0.25) is 0 Å². The van der Waals surface area contributed by atoms with Gasteiger partial charge in [0.15, 0.2) is 5.82 Å². The van der Waals surface area contributed by atoms with Gasteiger partial charge in [-0.3, -0.25) is 0 Å². The summed E-state index contributed by atoms with van der Waals surface area (Å²) < 4.78 is 104. The second-order valence-corrected chi connectivity index (χ2v) is 3.45. The van der Waals surface area contributed by atoms with E-state index in [1.807, 2.05) is 0 Å². The lowest BCUT2D eigenvalue weighted by molar-refractivity contribution is -0.366. The van der Waals surface area contributed by atoms with Gasteiger partial charge in [-0.15, -0.1) is 26.3 Å². The first-order valence-corrected chi connectivity index (χ1v) is 4.87. The van der Waals surface area contributed by atoms with Gasteiger partial charge < -0.3 is 9.64 Å². The maximum absolute atomic E-state index is 12.5. The summed E-state index contributed by atoms with van der Waals surface area (Å²) in [7, 11) is 0. The zero-order valence-electron chi connectivity index (χ0n) is 9.15. The van der Waals surface area contributed by atoms with E-state index in [2.05, 4.69) is 0 Å². The van der Waals surface area contributed by atoms with Crippen LogP contribution in [0.2, 0.25) is 0 Å². The third-order valence-electron chi connectivity index (χ3n) is 2.20. The highest BCUT2D eigenvalue weighted by molar-refractivity contribution is 5.04. The number of nitrogens with zero attached hydrogens (tertiary/aromatic N) is 2. The fraction of sp³-hybridized carbons (Fsp3) is 0.750. The van der Waals surface area contributed by atoms with E-state index >= 15 is 0 Å². The van der Waals surface area contributed by atoms with Gasteiger partial charge in [-0.05, 0) is 0 Å². The summed E-state index contributed by atoms with van der Waals surface area (Å²) in [5.41, 5.74) is 0. The summed E-state index contributed by atoms with van der Waals surface area (Å²) in [4.78, 5) is -1.90. The van der Waals surface area contributed by atoms with Crippen molar-refractivity contribution < 1.29 is 39.9 Å². The van der Waals surface area contributed by atoms with Crippen LogP contribution in [0.5, 0.6) is 0 Å². The molecular weight excluding hydrogens is 292 g/mol. The van der Waals surface area contributed by atoms with Crippen molar-refractivity contribution in [3.8, 4) is 0 Å². The summed E-state index contributed by atoms with van der Waals surface area (Å²) in [6, 6.07) is 0. The highest BCUT2D eigenvalue weighted by Crippen LogP contribution is 2.39. The zero-order chi connectivity index (χ0) is 14.8. The van der Waals surface area contributed by atoms with Gasteiger partial charge in [0.1, 0.15) is 0 Å². The van der Waals surface area contributed by atoms with Crippen LogP contribution >= 0.6 is 0 Å². The third kappa shape index (κ3) is 3.85. The molecule has 11 heteroatoms. The summed E-state index contributed by atoms with van der Waals surface area (Å²) in [6.07, 6.45) is -15.1. The van der Waals surface area contributed by atoms with Gasteiger partial charge in [-0.25, -0.2) is 0 Å². The maximum Gasteiger partial charge on any atom is 0.493 e. The van der Waals surface area contributed by atoms with Gasteiger partial charge in [0.25, 0.3) is 0 Å². The Bertz CT molecular complexity index is 326. The highest BCUT2D eigenvalue weighted by Gasteiger charge is 2.57. The minimum atomic E-state index is -6.00. The van der Waals surface area contributed by atoms with Gasteiger partial charge in [-0.2, -0.15) is 13.7 Å². The molecule has 0 atom stereocenters. The van der Waals surface area contributed by atoms with Crippen molar-refractivity contribution in [1.82, 2.24) is 9.80 Å². The van der Waals surface area contributed by atoms with Crippen LogP contribution in [-0.4, -0.2) is 48.7 Å². The van der Waals surface area contributed by atoms with Crippen molar-refractivity contribution >= 4 is 0 Å². The van der Waals surface area contributed by atoms with Crippen molar-refractivity contribution in [2.24, 2.45) is 0 Å². The molecule has 0 saturated carbocycles. The molecule has 1 fully saturated rings. The molecule has 112 valence electrons. The van der Waals surface area contributed by atoms with Crippen LogP contribution in [0.1, 0.15) is 0 Å². The lowest BCUT2D eigenvalue weighted by Crippen LogP contribution is -2.53. The Balaban J connectivity index is 3.18. The molecule has 0 aromatic carbocycles. The number of halogens is 8. The van der Waals surface area contributed by atoms with E-state index in [1.165, 1.54) is 0 Å². The Morgan fingerprint density at radius 1 is 0.895 bits per heavy atom. The van der Waals surface area contributed by atoms with Gasteiger partial charge in [-0.1, -0.05) is 0 Å². The van der Waals surface area contributed by atoms with E-state index in [0.717, 1.165) is 0 Å². The predicted molar refractivity (Wildman–Crippen MR) is 45.6 cm³/mol. The molecule has 3 nitrogen and oxygen atoms in total. The summed E-state index contributed by atoms with van der Waals surface area (Å²) in [5, 5.41) is 0. The van der Waals surface area contributed by atoms with E-state index < -0.39 is 42.5 Å². The molecule has 19 heavy (non-hydrogen) atoms. The van der Waals surface area contributed by atoms with Crippen molar-refractivity contribution in [2.45, 2.75) is 12.6 Å². The fourth-order valence-corrected chi connectivity index (χ4v) is 1.50. The van der Waals surface area contributed by atoms with Crippen molar-refractivity contribution in [3.05, 3.63) is 11.9 Å². The molecule has 0 N–H and O–H groups in total. The molecule has 1 saturated heterocycles. The first-order valence-electron chi connectivity index (χ1n) is 4.87. The smallest absolute Gasteiger partial charge is 0.378 e. The molecule has 0 aliphatic carbocycles. The van der Waals surface area contributed by atoms with E-state index in [4.69, 9.17) is 4.74 Å². The van der Waals surface area contributed by atoms with Crippen molar-refractivity contribution in [2.75, 3.05) is 26.3 Å². The van der Waals surface area contributed by atoms with Crippen LogP contribution in [-0.2, 0) is 4.74 Å². The number of hydrogen-bond acceptors (Lipinski definition) is 3. The molecular formula is C8H8F8N2O. The van der Waals surface area contributed by atoms with E-state index in [-0.39, 0.29) is 13.2 Å². The maximum atomic E-state index is 12.5. The monoisotopic (exact) mass is 300 g/mol. The average molecular weight is 300 g/mol. The minimum absolute atomic E-state index is 0.236. The molecule has 0 bridgehead atoms. The SMILES string of the molecule is FC(F)=C(N1CCOCC1)N(C(F)(F)F)C(F)(F)F. The van der Waals surface area contributed by atoms with Gasteiger partial charge in [0, 0.05) is 13.1 Å². The number of hydrogen-bond donors (Lipinski definition) is 0.